The van der Waals surface area contributed by atoms with Crippen molar-refractivity contribution in [3.63, 3.8) is 0 Å². The molecule has 3 rings (SSSR count). The van der Waals surface area contributed by atoms with Gasteiger partial charge in [-0.25, -0.2) is 9.37 Å². The van der Waals surface area contributed by atoms with Gasteiger partial charge in [-0.3, -0.25) is 0 Å². The highest BCUT2D eigenvalue weighted by molar-refractivity contribution is 6.31. The zero-order valence-electron chi connectivity index (χ0n) is 13.9. The summed E-state index contributed by atoms with van der Waals surface area (Å²) in [5, 5.41) is 22.6. The molecule has 3 unspecified atom stereocenters. The zero-order valence-corrected chi connectivity index (χ0v) is 14.7. The number of nitrogen functional groups attached to an aromatic ring is 1. The number of rotatable bonds is 5. The Kier molecular flexibility index (Phi) is 5.70. The predicted octanol–water partition coefficient (Wildman–Crippen LogP) is 2.57. The van der Waals surface area contributed by atoms with Crippen LogP contribution in [0.25, 0.3) is 12.2 Å². The van der Waals surface area contributed by atoms with Crippen molar-refractivity contribution in [3.8, 4) is 0 Å². The quantitative estimate of drug-likeness (QED) is 0.596. The van der Waals surface area contributed by atoms with E-state index < -0.39 is 6.10 Å². The lowest BCUT2D eigenvalue weighted by Gasteiger charge is -2.16. The van der Waals surface area contributed by atoms with E-state index in [1.165, 1.54) is 6.07 Å². The number of nitrogens with two attached hydrogens (primary N) is 1. The van der Waals surface area contributed by atoms with Crippen molar-refractivity contribution >= 4 is 35.5 Å². The van der Waals surface area contributed by atoms with Gasteiger partial charge < -0.3 is 21.3 Å². The van der Waals surface area contributed by atoms with Crippen LogP contribution in [0.1, 0.15) is 24.0 Å². The number of hydrogen-bond donors (Lipinski definition) is 4. The number of aliphatic hydroxyl groups is 2. The molecule has 5 N–H and O–H groups in total. The van der Waals surface area contributed by atoms with Crippen molar-refractivity contribution in [1.82, 2.24) is 9.97 Å². The predicted molar refractivity (Wildman–Crippen MR) is 100 cm³/mol. The summed E-state index contributed by atoms with van der Waals surface area (Å²) in [4.78, 5) is 8.14. The molecule has 1 heterocycles. The van der Waals surface area contributed by atoms with Crippen LogP contribution in [0, 0.1) is 11.7 Å². The number of anilines is 2. The largest absolute Gasteiger partial charge is 0.396 e. The molecule has 1 aliphatic rings. The molecule has 0 spiro atoms. The molecule has 0 radical (unpaired) electrons. The van der Waals surface area contributed by atoms with E-state index in [1.54, 1.807) is 30.4 Å². The van der Waals surface area contributed by atoms with Gasteiger partial charge in [-0.15, -0.1) is 0 Å². The Morgan fingerprint density at radius 3 is 2.73 bits per heavy atom. The molecule has 0 saturated heterocycles. The van der Waals surface area contributed by atoms with E-state index in [9.17, 15) is 14.6 Å². The van der Waals surface area contributed by atoms with Crippen molar-refractivity contribution in [1.29, 1.82) is 0 Å². The summed E-state index contributed by atoms with van der Waals surface area (Å²) in [5.41, 5.74) is 6.58. The number of hydrogen-bond acceptors (Lipinski definition) is 6. The third-order valence-electron chi connectivity index (χ3n) is 4.48. The number of halogens is 2. The first-order valence-electron chi connectivity index (χ1n) is 8.29. The Morgan fingerprint density at radius 1 is 1.27 bits per heavy atom. The van der Waals surface area contributed by atoms with Gasteiger partial charge in [0.05, 0.1) is 11.7 Å². The molecule has 6 nitrogen and oxygen atoms in total. The number of nitrogens with one attached hydrogen (secondary N) is 1. The van der Waals surface area contributed by atoms with Crippen LogP contribution in [0.15, 0.2) is 24.3 Å². The van der Waals surface area contributed by atoms with Crippen LogP contribution in [0.2, 0.25) is 5.15 Å². The molecule has 0 aliphatic heterocycles. The van der Waals surface area contributed by atoms with E-state index in [1.807, 2.05) is 0 Å². The topological polar surface area (TPSA) is 104 Å². The Morgan fingerprint density at radius 2 is 2.04 bits per heavy atom. The van der Waals surface area contributed by atoms with Gasteiger partial charge in [-0.05, 0) is 25.0 Å². The van der Waals surface area contributed by atoms with E-state index in [4.69, 9.17) is 17.3 Å². The van der Waals surface area contributed by atoms with Crippen LogP contribution in [0.4, 0.5) is 16.2 Å². The van der Waals surface area contributed by atoms with Crippen LogP contribution < -0.4 is 11.1 Å². The summed E-state index contributed by atoms with van der Waals surface area (Å²) in [6, 6.07) is 6.27. The molecule has 1 aliphatic carbocycles. The standard InChI is InChI=1S/C18H20ClFN4O2/c19-16-13(6-5-10-3-1-2-4-14(10)20)17(24-18(21)23-16)22-12-7-11(9-25)15(26)8-12/h1-6,11-12,15,25-26H,7-9H2,(H3,21,22,23,24). The number of aliphatic hydroxyl groups excluding tert-OH is 2. The lowest BCUT2D eigenvalue weighted by atomic mass is 10.1. The van der Waals surface area contributed by atoms with Gasteiger partial charge in [0.2, 0.25) is 5.95 Å². The number of benzene rings is 1. The Hall–Kier alpha value is -2.22. The Bertz CT molecular complexity index is 818. The van der Waals surface area contributed by atoms with Crippen LogP contribution >= 0.6 is 11.6 Å². The minimum Gasteiger partial charge on any atom is -0.396 e. The molecular formula is C18H20ClFN4O2. The molecule has 0 amide bonds. The summed E-state index contributed by atoms with van der Waals surface area (Å²) < 4.78 is 13.8. The second kappa shape index (κ2) is 7.99. The van der Waals surface area contributed by atoms with Crippen LogP contribution in [0.5, 0.6) is 0 Å². The van der Waals surface area contributed by atoms with Gasteiger partial charge in [-0.1, -0.05) is 35.9 Å². The van der Waals surface area contributed by atoms with Crippen molar-refractivity contribution < 1.29 is 14.6 Å². The Labute approximate surface area is 155 Å². The molecule has 1 saturated carbocycles. The van der Waals surface area contributed by atoms with Crippen molar-refractivity contribution in [2.75, 3.05) is 17.7 Å². The smallest absolute Gasteiger partial charge is 0.223 e. The molecule has 3 atom stereocenters. The second-order valence-corrected chi connectivity index (χ2v) is 6.67. The first kappa shape index (κ1) is 18.6. The molecule has 26 heavy (non-hydrogen) atoms. The first-order valence-corrected chi connectivity index (χ1v) is 8.66. The van der Waals surface area contributed by atoms with Gasteiger partial charge >= 0.3 is 0 Å². The highest BCUT2D eigenvalue weighted by atomic mass is 35.5. The summed E-state index contributed by atoms with van der Waals surface area (Å²) in [6.45, 7) is -0.0773. The fraction of sp³-hybridized carbons (Fsp3) is 0.333. The van der Waals surface area contributed by atoms with Crippen LogP contribution in [0.3, 0.4) is 0 Å². The highest BCUT2D eigenvalue weighted by Gasteiger charge is 2.33. The summed E-state index contributed by atoms with van der Waals surface area (Å²) >= 11 is 6.21. The summed E-state index contributed by atoms with van der Waals surface area (Å²) in [5.74, 6) is -0.112. The lowest BCUT2D eigenvalue weighted by molar-refractivity contribution is 0.0908. The van der Waals surface area contributed by atoms with E-state index in [2.05, 4.69) is 15.3 Å². The number of nitrogens with zero attached hydrogens (tertiary/aromatic N) is 2. The fourth-order valence-corrected chi connectivity index (χ4v) is 3.35. The van der Waals surface area contributed by atoms with E-state index >= 15 is 0 Å². The average Bonchev–Trinajstić information content (AvgIpc) is 2.95. The molecule has 8 heteroatoms. The SMILES string of the molecule is Nc1nc(Cl)c(C=Cc2ccccc2F)c(NC2CC(O)C(CO)C2)n1. The fourth-order valence-electron chi connectivity index (χ4n) is 3.11. The lowest BCUT2D eigenvalue weighted by Crippen LogP contribution is -2.19. The van der Waals surface area contributed by atoms with Crippen molar-refractivity contribution in [2.45, 2.75) is 25.0 Å². The highest BCUT2D eigenvalue weighted by Crippen LogP contribution is 2.31. The second-order valence-electron chi connectivity index (χ2n) is 6.31. The van der Waals surface area contributed by atoms with E-state index in [0.29, 0.717) is 29.8 Å². The summed E-state index contributed by atoms with van der Waals surface area (Å²) in [7, 11) is 0. The third kappa shape index (κ3) is 4.12. The monoisotopic (exact) mass is 378 g/mol. The van der Waals surface area contributed by atoms with Gasteiger partial charge in [0, 0.05) is 24.1 Å². The number of aromatic nitrogens is 2. The minimum absolute atomic E-state index is 0.0118. The molecule has 1 aromatic heterocycles. The van der Waals surface area contributed by atoms with Gasteiger partial charge in [0.25, 0.3) is 0 Å². The van der Waals surface area contributed by atoms with Crippen molar-refractivity contribution in [3.05, 3.63) is 46.4 Å². The van der Waals surface area contributed by atoms with Crippen LogP contribution in [-0.4, -0.2) is 38.9 Å². The molecule has 2 aromatic rings. The molecule has 0 bridgehead atoms. The molecule has 1 aromatic carbocycles. The average molecular weight is 379 g/mol. The maximum Gasteiger partial charge on any atom is 0.223 e. The molecule has 138 valence electrons. The third-order valence-corrected chi connectivity index (χ3v) is 4.77. The normalized spacial score (nSPS) is 22.8. The first-order chi connectivity index (χ1) is 12.5. The zero-order chi connectivity index (χ0) is 18.7. The van der Waals surface area contributed by atoms with E-state index in [-0.39, 0.29) is 35.5 Å². The van der Waals surface area contributed by atoms with Crippen LogP contribution in [-0.2, 0) is 0 Å². The maximum atomic E-state index is 13.8. The summed E-state index contributed by atoms with van der Waals surface area (Å²) in [6.07, 6.45) is 3.70. The van der Waals surface area contributed by atoms with Gasteiger partial charge in [0.1, 0.15) is 16.8 Å². The van der Waals surface area contributed by atoms with E-state index in [0.717, 1.165) is 0 Å². The maximum absolute atomic E-state index is 13.8. The minimum atomic E-state index is -0.579. The van der Waals surface area contributed by atoms with Gasteiger partial charge in [0.15, 0.2) is 0 Å². The molecular weight excluding hydrogens is 359 g/mol. The Balaban J connectivity index is 1.87. The van der Waals surface area contributed by atoms with Crippen molar-refractivity contribution in [2.24, 2.45) is 5.92 Å². The molecule has 1 fully saturated rings. The van der Waals surface area contributed by atoms with Gasteiger partial charge in [-0.2, -0.15) is 4.98 Å².